The van der Waals surface area contributed by atoms with Crippen LogP contribution < -0.4 is 10.1 Å². The summed E-state index contributed by atoms with van der Waals surface area (Å²) in [4.78, 5) is 23.9. The second-order valence-electron chi connectivity index (χ2n) is 5.25. The zero-order chi connectivity index (χ0) is 17.3. The first kappa shape index (κ1) is 15.7. The van der Waals surface area contributed by atoms with Gasteiger partial charge in [0.15, 0.2) is 0 Å². The molecule has 1 saturated heterocycles. The van der Waals surface area contributed by atoms with Crippen LogP contribution in [0.15, 0.2) is 54.1 Å². The molecule has 1 amide bonds. The Morgan fingerprint density at radius 3 is 2.42 bits per heavy atom. The van der Waals surface area contributed by atoms with E-state index in [1.807, 2.05) is 0 Å². The molecule has 1 heterocycles. The predicted molar refractivity (Wildman–Crippen MR) is 84.8 cm³/mol. The van der Waals surface area contributed by atoms with E-state index in [0.717, 1.165) is 0 Å². The van der Waals surface area contributed by atoms with Crippen molar-refractivity contribution < 1.29 is 23.8 Å². The molecular weight excluding hydrogens is 313 g/mol. The Balaban J connectivity index is 2.11. The minimum atomic E-state index is -1.03. The van der Waals surface area contributed by atoms with Crippen molar-refractivity contribution >= 4 is 17.4 Å². The Hall–Kier alpha value is -3.15. The molecule has 0 aliphatic carbocycles. The summed E-state index contributed by atoms with van der Waals surface area (Å²) in [6, 6.07) is 11.1. The standard InChI is InChI=1S/C18H14FNO4/c1-24-11-8-6-10(7-9-11)16(21)14-15(20-18(23)17(14)22)12-4-2-3-5-13(12)19/h2-9,15,21H,1H3,(H,20,23)/b16-14+/t15-/m0/s1. The van der Waals surface area contributed by atoms with Gasteiger partial charge in [-0.05, 0) is 30.3 Å². The normalized spacial score (nSPS) is 19.2. The highest BCUT2D eigenvalue weighted by Gasteiger charge is 2.40. The zero-order valence-corrected chi connectivity index (χ0v) is 12.7. The van der Waals surface area contributed by atoms with Crippen LogP contribution in [0.3, 0.4) is 0 Å². The summed E-state index contributed by atoms with van der Waals surface area (Å²) in [7, 11) is 1.50. The smallest absolute Gasteiger partial charge is 0.293 e. The molecule has 0 radical (unpaired) electrons. The number of amides is 1. The second kappa shape index (κ2) is 6.16. The van der Waals surface area contributed by atoms with E-state index >= 15 is 0 Å². The highest BCUT2D eigenvalue weighted by Crippen LogP contribution is 2.34. The van der Waals surface area contributed by atoms with Crippen LogP contribution in [0.4, 0.5) is 4.39 Å². The quantitative estimate of drug-likeness (QED) is 0.516. The summed E-state index contributed by atoms with van der Waals surface area (Å²) in [5, 5.41) is 12.9. The molecule has 1 aliphatic heterocycles. The third-order valence-corrected chi connectivity index (χ3v) is 3.85. The van der Waals surface area contributed by atoms with E-state index in [4.69, 9.17) is 4.74 Å². The molecule has 0 aromatic heterocycles. The number of ketones is 1. The lowest BCUT2D eigenvalue weighted by Crippen LogP contribution is -2.21. The van der Waals surface area contributed by atoms with Gasteiger partial charge in [0.1, 0.15) is 17.3 Å². The molecule has 24 heavy (non-hydrogen) atoms. The average molecular weight is 327 g/mol. The van der Waals surface area contributed by atoms with E-state index in [0.29, 0.717) is 11.3 Å². The van der Waals surface area contributed by atoms with Crippen molar-refractivity contribution in [3.05, 3.63) is 71.0 Å². The lowest BCUT2D eigenvalue weighted by Gasteiger charge is -2.14. The number of carbonyl (C=O) groups is 2. The SMILES string of the molecule is COc1ccc(/C(O)=C2\C(=O)C(=O)N[C@H]2c2ccccc2F)cc1. The summed E-state index contributed by atoms with van der Waals surface area (Å²) in [6.45, 7) is 0. The largest absolute Gasteiger partial charge is 0.507 e. The first-order valence-corrected chi connectivity index (χ1v) is 7.20. The van der Waals surface area contributed by atoms with Crippen LogP contribution in [0.1, 0.15) is 17.2 Å². The van der Waals surface area contributed by atoms with Crippen LogP contribution in [0, 0.1) is 5.82 Å². The summed E-state index contributed by atoms with van der Waals surface area (Å²) >= 11 is 0. The van der Waals surface area contributed by atoms with Crippen molar-refractivity contribution in [1.29, 1.82) is 0 Å². The molecule has 122 valence electrons. The fraction of sp³-hybridized carbons (Fsp3) is 0.111. The number of ether oxygens (including phenoxy) is 1. The maximum absolute atomic E-state index is 14.1. The number of benzene rings is 2. The van der Waals surface area contributed by atoms with Gasteiger partial charge in [-0.25, -0.2) is 4.39 Å². The minimum Gasteiger partial charge on any atom is -0.507 e. The number of Topliss-reactive ketones (excluding diaryl/α,β-unsaturated/α-hetero) is 1. The molecule has 1 atom stereocenters. The van der Waals surface area contributed by atoms with Gasteiger partial charge in [-0.2, -0.15) is 0 Å². The molecule has 0 saturated carbocycles. The van der Waals surface area contributed by atoms with Crippen molar-refractivity contribution in [3.63, 3.8) is 0 Å². The number of aliphatic hydroxyl groups excluding tert-OH is 1. The zero-order valence-electron chi connectivity index (χ0n) is 12.7. The molecule has 6 heteroatoms. The van der Waals surface area contributed by atoms with E-state index < -0.39 is 23.5 Å². The number of nitrogens with one attached hydrogen (secondary N) is 1. The van der Waals surface area contributed by atoms with Gasteiger partial charge in [-0.1, -0.05) is 18.2 Å². The van der Waals surface area contributed by atoms with E-state index in [1.54, 1.807) is 30.3 Å². The molecule has 1 aliphatic rings. The van der Waals surface area contributed by atoms with Gasteiger partial charge >= 0.3 is 0 Å². The molecule has 1 fully saturated rings. The van der Waals surface area contributed by atoms with Crippen molar-refractivity contribution in [2.45, 2.75) is 6.04 Å². The van der Waals surface area contributed by atoms with Gasteiger partial charge in [0, 0.05) is 11.1 Å². The molecular formula is C18H14FNO4. The van der Waals surface area contributed by atoms with Gasteiger partial charge < -0.3 is 15.2 Å². The van der Waals surface area contributed by atoms with Gasteiger partial charge in [0.2, 0.25) is 0 Å². The predicted octanol–water partition coefficient (Wildman–Crippen LogP) is 2.54. The van der Waals surface area contributed by atoms with Crippen LogP contribution >= 0.6 is 0 Å². The second-order valence-corrected chi connectivity index (χ2v) is 5.25. The first-order chi connectivity index (χ1) is 11.5. The Bertz CT molecular complexity index is 842. The van der Waals surface area contributed by atoms with E-state index in [2.05, 4.69) is 5.32 Å². The lowest BCUT2D eigenvalue weighted by atomic mass is 9.95. The highest BCUT2D eigenvalue weighted by atomic mass is 19.1. The van der Waals surface area contributed by atoms with Crippen LogP contribution in [-0.4, -0.2) is 23.9 Å². The van der Waals surface area contributed by atoms with E-state index in [-0.39, 0.29) is 16.9 Å². The Morgan fingerprint density at radius 1 is 1.12 bits per heavy atom. The Morgan fingerprint density at radius 2 is 1.79 bits per heavy atom. The van der Waals surface area contributed by atoms with Crippen molar-refractivity contribution in [2.24, 2.45) is 0 Å². The Labute approximate surface area is 137 Å². The first-order valence-electron chi connectivity index (χ1n) is 7.20. The number of hydrogen-bond acceptors (Lipinski definition) is 4. The monoisotopic (exact) mass is 327 g/mol. The van der Waals surface area contributed by atoms with Crippen LogP contribution in [0.5, 0.6) is 5.75 Å². The number of rotatable bonds is 3. The lowest BCUT2D eigenvalue weighted by molar-refractivity contribution is -0.133. The topological polar surface area (TPSA) is 75.6 Å². The number of hydrogen-bond donors (Lipinski definition) is 2. The van der Waals surface area contributed by atoms with Crippen molar-refractivity contribution in [1.82, 2.24) is 5.32 Å². The maximum Gasteiger partial charge on any atom is 0.293 e. The fourth-order valence-corrected chi connectivity index (χ4v) is 2.61. The summed E-state index contributed by atoms with van der Waals surface area (Å²) in [6.07, 6.45) is 0. The third-order valence-electron chi connectivity index (χ3n) is 3.85. The molecule has 0 spiro atoms. The number of halogens is 1. The molecule has 2 aromatic carbocycles. The minimum absolute atomic E-state index is 0.117. The van der Waals surface area contributed by atoms with Crippen molar-refractivity contribution in [2.75, 3.05) is 7.11 Å². The highest BCUT2D eigenvalue weighted by molar-refractivity contribution is 6.46. The van der Waals surface area contributed by atoms with E-state index in [1.165, 1.54) is 25.3 Å². The fourth-order valence-electron chi connectivity index (χ4n) is 2.61. The molecule has 3 rings (SSSR count). The number of carbonyl (C=O) groups excluding carboxylic acids is 2. The molecule has 2 aromatic rings. The van der Waals surface area contributed by atoms with Crippen LogP contribution in [-0.2, 0) is 9.59 Å². The molecule has 0 bridgehead atoms. The van der Waals surface area contributed by atoms with Crippen LogP contribution in [0.2, 0.25) is 0 Å². The van der Waals surface area contributed by atoms with Gasteiger partial charge in [-0.15, -0.1) is 0 Å². The average Bonchev–Trinajstić information content (AvgIpc) is 2.90. The molecule has 0 unspecified atom stereocenters. The van der Waals surface area contributed by atoms with Crippen LogP contribution in [0.25, 0.3) is 5.76 Å². The summed E-state index contributed by atoms with van der Waals surface area (Å²) in [5.74, 6) is -2.11. The van der Waals surface area contributed by atoms with E-state index in [9.17, 15) is 19.1 Å². The molecule has 2 N–H and O–H groups in total. The van der Waals surface area contributed by atoms with Gasteiger partial charge in [-0.3, -0.25) is 9.59 Å². The van der Waals surface area contributed by atoms with Gasteiger partial charge in [0.25, 0.3) is 11.7 Å². The van der Waals surface area contributed by atoms with Crippen molar-refractivity contribution in [3.8, 4) is 5.75 Å². The Kier molecular flexibility index (Phi) is 4.04. The maximum atomic E-state index is 14.1. The number of methoxy groups -OCH3 is 1. The molecule has 5 nitrogen and oxygen atoms in total. The van der Waals surface area contributed by atoms with Gasteiger partial charge in [0.05, 0.1) is 18.7 Å². The third kappa shape index (κ3) is 2.62. The number of aliphatic hydroxyl groups is 1. The summed E-state index contributed by atoms with van der Waals surface area (Å²) < 4.78 is 19.1. The summed E-state index contributed by atoms with van der Waals surface area (Å²) in [5.41, 5.74) is 0.277.